The molecule has 0 spiro atoms. The van der Waals surface area contributed by atoms with Crippen LogP contribution in [0, 0.1) is 0 Å². The first kappa shape index (κ1) is 74.8. The summed E-state index contributed by atoms with van der Waals surface area (Å²) in [5, 5.41) is 0. The van der Waals surface area contributed by atoms with Crippen molar-refractivity contribution >= 4 is 17.9 Å². The number of carbonyl (C=O) groups is 3. The van der Waals surface area contributed by atoms with Gasteiger partial charge in [0, 0.05) is 19.3 Å². The molecule has 78 heavy (non-hydrogen) atoms. The Morgan fingerprint density at radius 2 is 0.526 bits per heavy atom. The number of hydrogen-bond donors (Lipinski definition) is 0. The van der Waals surface area contributed by atoms with Crippen LogP contribution in [0.1, 0.15) is 348 Å². The van der Waals surface area contributed by atoms with E-state index < -0.39 is 6.10 Å². The highest BCUT2D eigenvalue weighted by molar-refractivity contribution is 5.71. The summed E-state index contributed by atoms with van der Waals surface area (Å²) in [6, 6.07) is 0. The summed E-state index contributed by atoms with van der Waals surface area (Å²) in [5.41, 5.74) is 0. The SMILES string of the molecule is CC/C=C\C/C=C\C/C=C\C/C=C\CCCCCCCCCCC(=O)OC(COC(=O)CCCCCCC/C=C\CCC)COC(=O)CCCCCCCCCCCCCCCCCCC/C=C\CCCCCCCCCC. The van der Waals surface area contributed by atoms with Crippen molar-refractivity contribution in [1.82, 2.24) is 0 Å². The van der Waals surface area contributed by atoms with Crippen LogP contribution in [0.15, 0.2) is 72.9 Å². The van der Waals surface area contributed by atoms with Gasteiger partial charge in [-0.05, 0) is 103 Å². The predicted molar refractivity (Wildman–Crippen MR) is 339 cm³/mol. The van der Waals surface area contributed by atoms with Crippen LogP contribution in [0.4, 0.5) is 0 Å². The molecule has 0 aromatic heterocycles. The minimum absolute atomic E-state index is 0.0788. The van der Waals surface area contributed by atoms with Crippen molar-refractivity contribution in [3.05, 3.63) is 72.9 Å². The van der Waals surface area contributed by atoms with Gasteiger partial charge >= 0.3 is 17.9 Å². The smallest absolute Gasteiger partial charge is 0.306 e. The lowest BCUT2D eigenvalue weighted by Gasteiger charge is -2.18. The van der Waals surface area contributed by atoms with Crippen molar-refractivity contribution < 1.29 is 28.6 Å². The van der Waals surface area contributed by atoms with Gasteiger partial charge in [-0.25, -0.2) is 0 Å². The molecule has 0 aromatic rings. The van der Waals surface area contributed by atoms with E-state index in [0.29, 0.717) is 19.3 Å². The molecule has 1 unspecified atom stereocenters. The maximum absolute atomic E-state index is 12.9. The second kappa shape index (κ2) is 66.4. The zero-order chi connectivity index (χ0) is 56.4. The molecule has 0 heterocycles. The van der Waals surface area contributed by atoms with Crippen molar-refractivity contribution in [1.29, 1.82) is 0 Å². The highest BCUT2D eigenvalue weighted by Crippen LogP contribution is 2.17. The average Bonchev–Trinajstić information content (AvgIpc) is 3.44. The maximum atomic E-state index is 12.9. The van der Waals surface area contributed by atoms with Gasteiger partial charge in [0.25, 0.3) is 0 Å². The minimum Gasteiger partial charge on any atom is -0.462 e. The maximum Gasteiger partial charge on any atom is 0.306 e. The summed E-state index contributed by atoms with van der Waals surface area (Å²) in [6.45, 7) is 6.49. The monoisotopic (exact) mass is 1090 g/mol. The second-order valence-electron chi connectivity index (χ2n) is 22.7. The Kier molecular flexibility index (Phi) is 63.7. The Morgan fingerprint density at radius 3 is 0.846 bits per heavy atom. The van der Waals surface area contributed by atoms with E-state index in [4.69, 9.17) is 14.2 Å². The molecule has 0 amide bonds. The molecule has 0 radical (unpaired) electrons. The summed E-state index contributed by atoms with van der Waals surface area (Å²) in [7, 11) is 0. The lowest BCUT2D eigenvalue weighted by Crippen LogP contribution is -2.30. The molecule has 0 saturated heterocycles. The van der Waals surface area contributed by atoms with Gasteiger partial charge in [-0.1, -0.05) is 299 Å². The molecule has 0 N–H and O–H groups in total. The first-order valence-corrected chi connectivity index (χ1v) is 33.9. The summed E-state index contributed by atoms with van der Waals surface area (Å²) >= 11 is 0. The summed E-state index contributed by atoms with van der Waals surface area (Å²) in [6.07, 6.45) is 86.5. The largest absolute Gasteiger partial charge is 0.462 e. The second-order valence-corrected chi connectivity index (χ2v) is 22.7. The zero-order valence-corrected chi connectivity index (χ0v) is 51.9. The van der Waals surface area contributed by atoms with Crippen molar-refractivity contribution in [3.8, 4) is 0 Å². The van der Waals surface area contributed by atoms with Gasteiger partial charge in [-0.15, -0.1) is 0 Å². The van der Waals surface area contributed by atoms with Crippen molar-refractivity contribution in [2.24, 2.45) is 0 Å². The first-order valence-electron chi connectivity index (χ1n) is 33.9. The third-order valence-corrected chi connectivity index (χ3v) is 14.9. The van der Waals surface area contributed by atoms with Crippen molar-refractivity contribution in [2.45, 2.75) is 354 Å². The minimum atomic E-state index is -0.783. The van der Waals surface area contributed by atoms with Crippen LogP contribution in [0.25, 0.3) is 0 Å². The molecule has 0 bridgehead atoms. The number of carbonyl (C=O) groups excluding carboxylic acids is 3. The van der Waals surface area contributed by atoms with E-state index in [9.17, 15) is 14.4 Å². The van der Waals surface area contributed by atoms with E-state index >= 15 is 0 Å². The fourth-order valence-electron chi connectivity index (χ4n) is 9.85. The molecule has 0 fully saturated rings. The molecule has 0 aliphatic carbocycles. The number of allylic oxidation sites excluding steroid dienone is 12. The van der Waals surface area contributed by atoms with Crippen LogP contribution in [0.3, 0.4) is 0 Å². The third kappa shape index (κ3) is 63.7. The topological polar surface area (TPSA) is 78.9 Å². The molecule has 0 aromatic carbocycles. The van der Waals surface area contributed by atoms with E-state index in [1.165, 1.54) is 205 Å². The quantitative estimate of drug-likeness (QED) is 0.0261. The number of rotatable bonds is 62. The predicted octanol–water partition coefficient (Wildman–Crippen LogP) is 23.3. The van der Waals surface area contributed by atoms with E-state index in [2.05, 4.69) is 93.7 Å². The van der Waals surface area contributed by atoms with Gasteiger partial charge < -0.3 is 14.2 Å². The molecule has 0 saturated carbocycles. The fourth-order valence-corrected chi connectivity index (χ4v) is 9.85. The number of ether oxygens (including phenoxy) is 3. The molecule has 0 aliphatic heterocycles. The number of unbranched alkanes of at least 4 members (excludes halogenated alkanes) is 39. The first-order chi connectivity index (χ1) is 38.5. The Bertz CT molecular complexity index is 1440. The normalized spacial score (nSPS) is 12.5. The molecule has 6 heteroatoms. The van der Waals surface area contributed by atoms with Crippen LogP contribution in [-0.4, -0.2) is 37.2 Å². The van der Waals surface area contributed by atoms with Crippen LogP contribution >= 0.6 is 0 Å². The Labute approximate surface area is 484 Å². The van der Waals surface area contributed by atoms with Gasteiger partial charge in [0.1, 0.15) is 13.2 Å². The molecular weight excluding hydrogens is 961 g/mol. The van der Waals surface area contributed by atoms with Gasteiger partial charge in [-0.3, -0.25) is 14.4 Å². The van der Waals surface area contributed by atoms with E-state index in [1.54, 1.807) is 0 Å². The molecule has 0 aliphatic rings. The molecule has 6 nitrogen and oxygen atoms in total. The van der Waals surface area contributed by atoms with Gasteiger partial charge in [-0.2, -0.15) is 0 Å². The van der Waals surface area contributed by atoms with E-state index in [-0.39, 0.29) is 31.1 Å². The number of hydrogen-bond acceptors (Lipinski definition) is 6. The van der Waals surface area contributed by atoms with Crippen LogP contribution in [-0.2, 0) is 28.6 Å². The highest BCUT2D eigenvalue weighted by atomic mass is 16.6. The molecule has 1 atom stereocenters. The van der Waals surface area contributed by atoms with E-state index in [1.807, 2.05) is 0 Å². The third-order valence-electron chi connectivity index (χ3n) is 14.9. The Morgan fingerprint density at radius 1 is 0.269 bits per heavy atom. The summed E-state index contributed by atoms with van der Waals surface area (Å²) < 4.78 is 16.9. The van der Waals surface area contributed by atoms with E-state index in [0.717, 1.165) is 103 Å². The Hall–Kier alpha value is -3.15. The summed E-state index contributed by atoms with van der Waals surface area (Å²) in [4.78, 5) is 38.3. The average molecular weight is 1090 g/mol. The zero-order valence-electron chi connectivity index (χ0n) is 51.9. The number of esters is 3. The van der Waals surface area contributed by atoms with Gasteiger partial charge in [0.2, 0.25) is 0 Å². The standard InChI is InChI=1S/C72H128O6/c1-4-7-10-13-16-19-22-24-26-28-30-32-33-34-35-36-37-38-39-41-42-44-46-48-50-53-56-59-62-65-71(74)77-68-69(67-76-70(73)64-61-58-55-52-21-18-15-12-9-6-3)78-72(75)66-63-60-57-54-51-49-47-45-43-40-31-29-27-25-23-20-17-14-11-8-5-2/h8,11-12,15,17,20,25,27-28,30-31,40,69H,4-7,9-10,13-14,16,18-19,21-24,26,29,32-39,41-68H2,1-3H3/b11-8-,15-12-,20-17-,27-25-,30-28-,40-31-. The lowest BCUT2D eigenvalue weighted by molar-refractivity contribution is -0.167. The van der Waals surface area contributed by atoms with Gasteiger partial charge in [0.15, 0.2) is 6.10 Å². The van der Waals surface area contributed by atoms with Crippen molar-refractivity contribution in [2.75, 3.05) is 13.2 Å². The Balaban J connectivity index is 4.16. The fraction of sp³-hybridized carbons (Fsp3) is 0.792. The summed E-state index contributed by atoms with van der Waals surface area (Å²) in [5.74, 6) is -0.883. The van der Waals surface area contributed by atoms with Gasteiger partial charge in [0.05, 0.1) is 0 Å². The van der Waals surface area contributed by atoms with Crippen molar-refractivity contribution in [3.63, 3.8) is 0 Å². The molecule has 452 valence electrons. The van der Waals surface area contributed by atoms with Crippen LogP contribution in [0.2, 0.25) is 0 Å². The molecular formula is C72H128O6. The van der Waals surface area contributed by atoms with Crippen LogP contribution < -0.4 is 0 Å². The van der Waals surface area contributed by atoms with Crippen LogP contribution in [0.5, 0.6) is 0 Å². The lowest BCUT2D eigenvalue weighted by atomic mass is 10.0. The molecule has 0 rings (SSSR count). The highest BCUT2D eigenvalue weighted by Gasteiger charge is 2.19.